The summed E-state index contributed by atoms with van der Waals surface area (Å²) in [5.41, 5.74) is 10.9. The first-order valence-corrected chi connectivity index (χ1v) is 5.39. The molecule has 18 heavy (non-hydrogen) atoms. The first-order chi connectivity index (χ1) is 8.38. The standard InChI is InChI=1S/C11H16N4O3/c1-7(6-12)14(2)11(16)8-3-4-9(13)10(5-8)15(17)18/h3-5,7H,6,12-13H2,1-2H3. The number of carbonyl (C=O) groups is 1. The van der Waals surface area contributed by atoms with Crippen molar-refractivity contribution in [2.75, 3.05) is 19.3 Å². The van der Waals surface area contributed by atoms with Crippen LogP contribution in [0.25, 0.3) is 0 Å². The van der Waals surface area contributed by atoms with Crippen LogP contribution in [0.5, 0.6) is 0 Å². The second kappa shape index (κ2) is 5.46. The van der Waals surface area contributed by atoms with Gasteiger partial charge in [-0.05, 0) is 19.1 Å². The third kappa shape index (κ3) is 2.75. The van der Waals surface area contributed by atoms with Gasteiger partial charge in [-0.1, -0.05) is 0 Å². The second-order valence-corrected chi connectivity index (χ2v) is 4.03. The van der Waals surface area contributed by atoms with Crippen molar-refractivity contribution in [3.05, 3.63) is 33.9 Å². The molecule has 7 nitrogen and oxygen atoms in total. The van der Waals surface area contributed by atoms with E-state index in [-0.39, 0.29) is 28.9 Å². The number of nitro groups is 1. The number of rotatable bonds is 4. The van der Waals surface area contributed by atoms with Gasteiger partial charge in [0.15, 0.2) is 0 Å². The molecule has 0 aliphatic rings. The van der Waals surface area contributed by atoms with Gasteiger partial charge < -0.3 is 16.4 Å². The summed E-state index contributed by atoms with van der Waals surface area (Å²) in [6.07, 6.45) is 0. The van der Waals surface area contributed by atoms with Crippen LogP contribution >= 0.6 is 0 Å². The van der Waals surface area contributed by atoms with Gasteiger partial charge in [-0.2, -0.15) is 0 Å². The van der Waals surface area contributed by atoms with E-state index in [4.69, 9.17) is 11.5 Å². The van der Waals surface area contributed by atoms with Gasteiger partial charge in [0.05, 0.1) is 4.92 Å². The Balaban J connectivity index is 3.07. The van der Waals surface area contributed by atoms with Crippen LogP contribution in [0.3, 0.4) is 0 Å². The van der Waals surface area contributed by atoms with E-state index in [0.717, 1.165) is 0 Å². The molecule has 98 valence electrons. The first-order valence-electron chi connectivity index (χ1n) is 5.39. The zero-order valence-electron chi connectivity index (χ0n) is 10.3. The fourth-order valence-corrected chi connectivity index (χ4v) is 1.40. The van der Waals surface area contributed by atoms with Crippen molar-refractivity contribution in [1.82, 2.24) is 4.90 Å². The highest BCUT2D eigenvalue weighted by Gasteiger charge is 2.20. The number of carbonyl (C=O) groups excluding carboxylic acids is 1. The van der Waals surface area contributed by atoms with Crippen LogP contribution < -0.4 is 11.5 Å². The lowest BCUT2D eigenvalue weighted by Crippen LogP contribution is -2.39. The van der Waals surface area contributed by atoms with Crippen molar-refractivity contribution in [3.8, 4) is 0 Å². The van der Waals surface area contributed by atoms with Crippen molar-refractivity contribution in [1.29, 1.82) is 0 Å². The number of nitrogens with two attached hydrogens (primary N) is 2. The Labute approximate surface area is 105 Å². The number of hydrogen-bond donors (Lipinski definition) is 2. The lowest BCUT2D eigenvalue weighted by molar-refractivity contribution is -0.383. The molecular formula is C11H16N4O3. The van der Waals surface area contributed by atoms with Crippen LogP contribution in [-0.4, -0.2) is 35.4 Å². The van der Waals surface area contributed by atoms with Crippen LogP contribution in [-0.2, 0) is 0 Å². The summed E-state index contributed by atoms with van der Waals surface area (Å²) in [4.78, 5) is 23.6. The van der Waals surface area contributed by atoms with Gasteiger partial charge in [0.1, 0.15) is 5.69 Å². The summed E-state index contributed by atoms with van der Waals surface area (Å²) in [6, 6.07) is 3.85. The van der Waals surface area contributed by atoms with Gasteiger partial charge >= 0.3 is 0 Å². The summed E-state index contributed by atoms with van der Waals surface area (Å²) in [5.74, 6) is -0.323. The highest BCUT2D eigenvalue weighted by atomic mass is 16.6. The Hall–Kier alpha value is -2.15. The van der Waals surface area contributed by atoms with Gasteiger partial charge in [0.2, 0.25) is 0 Å². The van der Waals surface area contributed by atoms with E-state index in [1.54, 1.807) is 14.0 Å². The van der Waals surface area contributed by atoms with Crippen molar-refractivity contribution >= 4 is 17.3 Å². The molecular weight excluding hydrogens is 236 g/mol. The molecule has 0 spiro atoms. The maximum atomic E-state index is 12.0. The first kappa shape index (κ1) is 13.9. The van der Waals surface area contributed by atoms with Crippen LogP contribution in [0, 0.1) is 10.1 Å². The van der Waals surface area contributed by atoms with Gasteiger partial charge in [-0.3, -0.25) is 14.9 Å². The predicted molar refractivity (Wildman–Crippen MR) is 68.1 cm³/mol. The molecule has 0 aliphatic heterocycles. The Morgan fingerprint density at radius 2 is 2.17 bits per heavy atom. The van der Waals surface area contributed by atoms with E-state index in [9.17, 15) is 14.9 Å². The molecule has 4 N–H and O–H groups in total. The maximum absolute atomic E-state index is 12.0. The fourth-order valence-electron chi connectivity index (χ4n) is 1.40. The predicted octanol–water partition coefficient (Wildman–Crippen LogP) is 0.596. The second-order valence-electron chi connectivity index (χ2n) is 4.03. The number of nitrogens with zero attached hydrogens (tertiary/aromatic N) is 2. The molecule has 0 fully saturated rings. The maximum Gasteiger partial charge on any atom is 0.292 e. The summed E-state index contributed by atoms with van der Waals surface area (Å²) in [6.45, 7) is 2.11. The van der Waals surface area contributed by atoms with Crippen LogP contribution in [0.1, 0.15) is 17.3 Å². The average molecular weight is 252 g/mol. The summed E-state index contributed by atoms with van der Waals surface area (Å²) in [7, 11) is 1.60. The van der Waals surface area contributed by atoms with E-state index < -0.39 is 4.92 Å². The highest BCUT2D eigenvalue weighted by molar-refractivity contribution is 5.95. The molecule has 7 heteroatoms. The zero-order chi connectivity index (χ0) is 13.9. The van der Waals surface area contributed by atoms with Crippen LogP contribution in [0.4, 0.5) is 11.4 Å². The number of hydrogen-bond acceptors (Lipinski definition) is 5. The fraction of sp³-hybridized carbons (Fsp3) is 0.364. The SMILES string of the molecule is CC(CN)N(C)C(=O)c1ccc(N)c([N+](=O)[O-])c1. The van der Waals surface area contributed by atoms with E-state index >= 15 is 0 Å². The molecule has 1 atom stereocenters. The third-order valence-corrected chi connectivity index (χ3v) is 2.80. The van der Waals surface area contributed by atoms with Gasteiger partial charge in [0.25, 0.3) is 11.6 Å². The number of nitrogen functional groups attached to an aromatic ring is 1. The molecule has 0 bridgehead atoms. The van der Waals surface area contributed by atoms with E-state index in [1.807, 2.05) is 0 Å². The van der Waals surface area contributed by atoms with Gasteiger partial charge in [-0.15, -0.1) is 0 Å². The Kier molecular flexibility index (Phi) is 4.22. The van der Waals surface area contributed by atoms with Crippen molar-refractivity contribution < 1.29 is 9.72 Å². The van der Waals surface area contributed by atoms with E-state index in [1.165, 1.54) is 23.1 Å². The molecule has 0 heterocycles. The van der Waals surface area contributed by atoms with Crippen molar-refractivity contribution in [2.24, 2.45) is 5.73 Å². The van der Waals surface area contributed by atoms with Gasteiger partial charge in [0, 0.05) is 31.3 Å². The average Bonchev–Trinajstić information content (AvgIpc) is 2.36. The van der Waals surface area contributed by atoms with Crippen molar-refractivity contribution in [3.63, 3.8) is 0 Å². The molecule has 1 aromatic rings. The molecule has 0 radical (unpaired) electrons. The summed E-state index contributed by atoms with van der Waals surface area (Å²) < 4.78 is 0. The number of amides is 1. The number of nitro benzene ring substituents is 1. The van der Waals surface area contributed by atoms with Gasteiger partial charge in [-0.25, -0.2) is 0 Å². The molecule has 0 saturated heterocycles. The van der Waals surface area contributed by atoms with E-state index in [2.05, 4.69) is 0 Å². The number of anilines is 1. The van der Waals surface area contributed by atoms with Crippen LogP contribution in [0.15, 0.2) is 18.2 Å². The molecule has 1 rings (SSSR count). The molecule has 0 aromatic heterocycles. The quantitative estimate of drug-likeness (QED) is 0.462. The van der Waals surface area contributed by atoms with Crippen LogP contribution in [0.2, 0.25) is 0 Å². The molecule has 1 aromatic carbocycles. The molecule has 1 amide bonds. The highest BCUT2D eigenvalue weighted by Crippen LogP contribution is 2.23. The minimum atomic E-state index is -0.613. The minimum absolute atomic E-state index is 0.0334. The Bertz CT molecular complexity index is 475. The number of benzene rings is 1. The molecule has 0 saturated carbocycles. The molecule has 1 unspecified atom stereocenters. The van der Waals surface area contributed by atoms with E-state index in [0.29, 0.717) is 6.54 Å². The summed E-state index contributed by atoms with van der Waals surface area (Å²) >= 11 is 0. The summed E-state index contributed by atoms with van der Waals surface area (Å²) in [5, 5.41) is 10.7. The lowest BCUT2D eigenvalue weighted by atomic mass is 10.1. The lowest BCUT2D eigenvalue weighted by Gasteiger charge is -2.23. The van der Waals surface area contributed by atoms with Crippen molar-refractivity contribution in [2.45, 2.75) is 13.0 Å². The minimum Gasteiger partial charge on any atom is -0.393 e. The normalized spacial score (nSPS) is 11.9. The smallest absolute Gasteiger partial charge is 0.292 e. The zero-order valence-corrected chi connectivity index (χ0v) is 10.3. The Morgan fingerprint density at radius 1 is 1.56 bits per heavy atom. The topological polar surface area (TPSA) is 115 Å². The number of likely N-dealkylation sites (N-methyl/N-ethyl adjacent to an activating group) is 1. The monoisotopic (exact) mass is 252 g/mol. The molecule has 0 aliphatic carbocycles. The largest absolute Gasteiger partial charge is 0.393 e. The third-order valence-electron chi connectivity index (χ3n) is 2.80. The Morgan fingerprint density at radius 3 is 2.67 bits per heavy atom.